The van der Waals surface area contributed by atoms with Crippen LogP contribution in [0.5, 0.6) is 5.75 Å². The standard InChI is InChI=1S/C11H17N5O/c1-2-17-9-6-4-3-5-8(9)7-16(10(12)13)11(14)15/h3-6H,2,7H2,1H3,(H3,12,13)(H3,14,15). The first-order valence-electron chi connectivity index (χ1n) is 5.22. The van der Waals surface area contributed by atoms with Gasteiger partial charge in [-0.05, 0) is 13.0 Å². The van der Waals surface area contributed by atoms with Gasteiger partial charge in [-0.2, -0.15) is 0 Å². The Morgan fingerprint density at radius 3 is 2.35 bits per heavy atom. The minimum atomic E-state index is -0.260. The average molecular weight is 235 g/mol. The highest BCUT2D eigenvalue weighted by Gasteiger charge is 2.13. The highest BCUT2D eigenvalue weighted by Crippen LogP contribution is 2.19. The molecule has 0 fully saturated rings. The quantitative estimate of drug-likeness (QED) is 0.454. The number of hydrogen-bond donors (Lipinski definition) is 4. The fraction of sp³-hybridized carbons (Fsp3) is 0.273. The topological polar surface area (TPSA) is 112 Å². The van der Waals surface area contributed by atoms with Crippen molar-refractivity contribution in [3.05, 3.63) is 29.8 Å². The van der Waals surface area contributed by atoms with E-state index in [2.05, 4.69) is 0 Å². The zero-order valence-electron chi connectivity index (χ0n) is 9.73. The van der Waals surface area contributed by atoms with Gasteiger partial charge in [0.1, 0.15) is 5.75 Å². The molecule has 0 radical (unpaired) electrons. The second kappa shape index (κ2) is 5.74. The molecule has 0 unspecified atom stereocenters. The van der Waals surface area contributed by atoms with E-state index in [1.54, 1.807) is 0 Å². The number of benzene rings is 1. The van der Waals surface area contributed by atoms with Crippen LogP contribution in [0.25, 0.3) is 0 Å². The van der Waals surface area contributed by atoms with Gasteiger partial charge in [-0.15, -0.1) is 0 Å². The molecule has 1 rings (SSSR count). The summed E-state index contributed by atoms with van der Waals surface area (Å²) in [5.74, 6) is 0.190. The van der Waals surface area contributed by atoms with Gasteiger partial charge < -0.3 is 16.2 Å². The van der Waals surface area contributed by atoms with Crippen LogP contribution in [-0.2, 0) is 6.54 Å². The molecule has 1 aromatic rings. The minimum Gasteiger partial charge on any atom is -0.494 e. The fourth-order valence-electron chi connectivity index (χ4n) is 1.40. The normalized spacial score (nSPS) is 9.71. The monoisotopic (exact) mass is 235 g/mol. The van der Waals surface area contributed by atoms with Crippen LogP contribution in [0.4, 0.5) is 0 Å². The molecule has 0 aliphatic carbocycles. The molecule has 6 heteroatoms. The molecule has 0 aromatic heterocycles. The Balaban J connectivity index is 2.92. The molecule has 0 saturated carbocycles. The fourth-order valence-corrected chi connectivity index (χ4v) is 1.40. The second-order valence-corrected chi connectivity index (χ2v) is 3.40. The van der Waals surface area contributed by atoms with Gasteiger partial charge >= 0.3 is 0 Å². The highest BCUT2D eigenvalue weighted by molar-refractivity contribution is 5.94. The van der Waals surface area contributed by atoms with E-state index in [1.807, 2.05) is 31.2 Å². The Kier molecular flexibility index (Phi) is 4.33. The van der Waals surface area contributed by atoms with E-state index in [4.69, 9.17) is 27.0 Å². The number of guanidine groups is 2. The maximum absolute atomic E-state index is 7.35. The van der Waals surface area contributed by atoms with Crippen molar-refractivity contribution in [1.29, 1.82) is 10.8 Å². The minimum absolute atomic E-state index is 0.251. The van der Waals surface area contributed by atoms with Crippen LogP contribution >= 0.6 is 0 Å². The molecule has 0 atom stereocenters. The van der Waals surface area contributed by atoms with Crippen LogP contribution in [0.15, 0.2) is 24.3 Å². The molecule has 92 valence electrons. The molecular formula is C11H17N5O. The van der Waals surface area contributed by atoms with Crippen LogP contribution in [-0.4, -0.2) is 23.4 Å². The molecular weight excluding hydrogens is 218 g/mol. The first-order valence-corrected chi connectivity index (χ1v) is 5.22. The largest absolute Gasteiger partial charge is 0.494 e. The summed E-state index contributed by atoms with van der Waals surface area (Å²) in [7, 11) is 0. The third-order valence-corrected chi connectivity index (χ3v) is 2.18. The summed E-state index contributed by atoms with van der Waals surface area (Å²) in [4.78, 5) is 1.19. The predicted octanol–water partition coefficient (Wildman–Crippen LogP) is 0.674. The van der Waals surface area contributed by atoms with Crippen LogP contribution < -0.4 is 16.2 Å². The molecule has 0 aliphatic heterocycles. The van der Waals surface area contributed by atoms with Gasteiger partial charge in [0.05, 0.1) is 13.2 Å². The zero-order valence-corrected chi connectivity index (χ0v) is 9.73. The summed E-state index contributed by atoms with van der Waals surface area (Å²) in [5.41, 5.74) is 11.5. The first-order chi connectivity index (χ1) is 8.06. The lowest BCUT2D eigenvalue weighted by Gasteiger charge is -2.21. The number of rotatable bonds is 4. The van der Waals surface area contributed by atoms with Crippen molar-refractivity contribution in [3.8, 4) is 5.75 Å². The van der Waals surface area contributed by atoms with Crippen molar-refractivity contribution < 1.29 is 4.74 Å². The summed E-state index contributed by atoms with van der Waals surface area (Å²) >= 11 is 0. The first kappa shape index (κ1) is 12.8. The average Bonchev–Trinajstić information content (AvgIpc) is 2.27. The molecule has 6 nitrogen and oxygen atoms in total. The summed E-state index contributed by atoms with van der Waals surface area (Å²) in [6.07, 6.45) is 0. The molecule has 0 saturated heterocycles. The maximum Gasteiger partial charge on any atom is 0.195 e. The van der Waals surface area contributed by atoms with Crippen molar-refractivity contribution in [2.75, 3.05) is 6.61 Å². The number of nitrogens with two attached hydrogens (primary N) is 2. The Morgan fingerprint density at radius 1 is 1.24 bits per heavy atom. The van der Waals surface area contributed by atoms with Crippen molar-refractivity contribution in [2.24, 2.45) is 11.5 Å². The van der Waals surface area contributed by atoms with E-state index in [1.165, 1.54) is 4.90 Å². The zero-order chi connectivity index (χ0) is 12.8. The Labute approximate surface area is 100 Å². The molecule has 0 aliphatic rings. The summed E-state index contributed by atoms with van der Waals surface area (Å²) in [6, 6.07) is 7.40. The van der Waals surface area contributed by atoms with Gasteiger partial charge in [0.25, 0.3) is 0 Å². The van der Waals surface area contributed by atoms with Crippen LogP contribution in [0.2, 0.25) is 0 Å². The van der Waals surface area contributed by atoms with Crippen molar-refractivity contribution in [2.45, 2.75) is 13.5 Å². The molecule has 0 bridgehead atoms. The van der Waals surface area contributed by atoms with E-state index in [0.29, 0.717) is 12.4 Å². The summed E-state index contributed by atoms with van der Waals surface area (Å²) < 4.78 is 5.45. The second-order valence-electron chi connectivity index (χ2n) is 3.40. The Morgan fingerprint density at radius 2 is 1.82 bits per heavy atom. The molecule has 0 spiro atoms. The van der Waals surface area contributed by atoms with Gasteiger partial charge in [-0.3, -0.25) is 15.7 Å². The van der Waals surface area contributed by atoms with E-state index in [-0.39, 0.29) is 18.5 Å². The number of ether oxygens (including phenoxy) is 1. The third-order valence-electron chi connectivity index (χ3n) is 2.18. The van der Waals surface area contributed by atoms with Gasteiger partial charge in [-0.25, -0.2) is 0 Å². The molecule has 6 N–H and O–H groups in total. The summed E-state index contributed by atoms with van der Waals surface area (Å²) in [5, 5.41) is 14.7. The number of para-hydroxylation sites is 1. The number of nitrogens with zero attached hydrogens (tertiary/aromatic N) is 1. The molecule has 0 heterocycles. The van der Waals surface area contributed by atoms with E-state index in [9.17, 15) is 0 Å². The van der Waals surface area contributed by atoms with Gasteiger partial charge in [-0.1, -0.05) is 18.2 Å². The van der Waals surface area contributed by atoms with Crippen molar-refractivity contribution in [3.63, 3.8) is 0 Å². The highest BCUT2D eigenvalue weighted by atomic mass is 16.5. The molecule has 1 aromatic carbocycles. The van der Waals surface area contributed by atoms with Gasteiger partial charge in [0.15, 0.2) is 11.9 Å². The maximum atomic E-state index is 7.35. The smallest absolute Gasteiger partial charge is 0.195 e. The number of nitrogens with one attached hydrogen (secondary N) is 2. The third kappa shape index (κ3) is 3.37. The Bertz CT molecular complexity index is 404. The Hall–Kier alpha value is -2.24. The van der Waals surface area contributed by atoms with E-state index < -0.39 is 0 Å². The lowest BCUT2D eigenvalue weighted by atomic mass is 10.2. The predicted molar refractivity (Wildman–Crippen MR) is 67.0 cm³/mol. The van der Waals surface area contributed by atoms with Crippen molar-refractivity contribution >= 4 is 11.9 Å². The van der Waals surface area contributed by atoms with Gasteiger partial charge in [0.2, 0.25) is 0 Å². The lowest BCUT2D eigenvalue weighted by Crippen LogP contribution is -2.44. The number of hydrogen-bond acceptors (Lipinski definition) is 3. The van der Waals surface area contributed by atoms with Crippen LogP contribution in [0, 0.1) is 10.8 Å². The molecule has 17 heavy (non-hydrogen) atoms. The summed E-state index contributed by atoms with van der Waals surface area (Å²) in [6.45, 7) is 2.70. The van der Waals surface area contributed by atoms with E-state index >= 15 is 0 Å². The SMILES string of the molecule is CCOc1ccccc1CN(C(=N)N)C(=N)N. The van der Waals surface area contributed by atoms with Crippen molar-refractivity contribution in [1.82, 2.24) is 4.90 Å². The van der Waals surface area contributed by atoms with Crippen LogP contribution in [0.3, 0.4) is 0 Å². The molecule has 0 amide bonds. The van der Waals surface area contributed by atoms with Gasteiger partial charge in [0, 0.05) is 5.56 Å². The van der Waals surface area contributed by atoms with Crippen LogP contribution in [0.1, 0.15) is 12.5 Å². The lowest BCUT2D eigenvalue weighted by molar-refractivity contribution is 0.333. The van der Waals surface area contributed by atoms with E-state index in [0.717, 1.165) is 5.56 Å².